The Bertz CT molecular complexity index is 1410. The summed E-state index contributed by atoms with van der Waals surface area (Å²) in [5.41, 5.74) is 3.11. The fourth-order valence-corrected chi connectivity index (χ4v) is 4.37. The minimum absolute atomic E-state index is 0.122. The maximum atomic E-state index is 12.9. The third-order valence-electron chi connectivity index (χ3n) is 5.48. The molecule has 1 amide bonds. The number of carbonyl (C=O) groups excluding carboxylic acids is 1. The summed E-state index contributed by atoms with van der Waals surface area (Å²) in [6.45, 7) is 2.05. The van der Waals surface area contributed by atoms with Gasteiger partial charge in [0.05, 0.1) is 21.7 Å². The zero-order valence-corrected chi connectivity index (χ0v) is 20.3. The quantitative estimate of drug-likeness (QED) is 0.426. The number of likely N-dealkylation sites (N-methyl/N-ethyl adjacent to an activating group) is 1. The molecular formula is C27H22N2O6S. The van der Waals surface area contributed by atoms with E-state index in [2.05, 4.69) is 4.99 Å². The van der Waals surface area contributed by atoms with Gasteiger partial charge in [0.1, 0.15) is 12.4 Å². The molecule has 4 rings (SSSR count). The number of amidine groups is 1. The van der Waals surface area contributed by atoms with E-state index in [1.807, 2.05) is 25.1 Å². The molecule has 0 aromatic heterocycles. The molecule has 0 spiro atoms. The highest BCUT2D eigenvalue weighted by Gasteiger charge is 2.30. The number of hydrogen-bond donors (Lipinski definition) is 2. The molecule has 3 aromatic carbocycles. The van der Waals surface area contributed by atoms with Gasteiger partial charge in [-0.05, 0) is 66.2 Å². The van der Waals surface area contributed by atoms with Crippen LogP contribution in [0.5, 0.6) is 5.75 Å². The third-order valence-corrected chi connectivity index (χ3v) is 6.54. The maximum Gasteiger partial charge on any atom is 0.335 e. The first-order valence-corrected chi connectivity index (χ1v) is 11.7. The van der Waals surface area contributed by atoms with Crippen molar-refractivity contribution in [2.45, 2.75) is 13.5 Å². The van der Waals surface area contributed by atoms with E-state index in [-0.39, 0.29) is 23.6 Å². The number of ether oxygens (including phenoxy) is 1. The Kier molecular flexibility index (Phi) is 7.21. The average Bonchev–Trinajstić information content (AvgIpc) is 3.12. The first-order chi connectivity index (χ1) is 17.2. The third kappa shape index (κ3) is 5.47. The van der Waals surface area contributed by atoms with E-state index in [9.17, 15) is 19.5 Å². The molecule has 0 radical (unpaired) electrons. The van der Waals surface area contributed by atoms with Gasteiger partial charge in [0.15, 0.2) is 5.17 Å². The lowest BCUT2D eigenvalue weighted by atomic mass is 10.1. The zero-order chi connectivity index (χ0) is 25.8. The number of hydrogen-bond acceptors (Lipinski definition) is 6. The summed E-state index contributed by atoms with van der Waals surface area (Å²) < 4.78 is 5.96. The van der Waals surface area contributed by atoms with Crippen molar-refractivity contribution in [2.24, 2.45) is 4.99 Å². The Morgan fingerprint density at radius 2 is 1.67 bits per heavy atom. The Labute approximate surface area is 211 Å². The number of rotatable bonds is 7. The molecule has 0 saturated carbocycles. The Morgan fingerprint density at radius 3 is 2.36 bits per heavy atom. The molecule has 0 bridgehead atoms. The van der Waals surface area contributed by atoms with Gasteiger partial charge in [-0.2, -0.15) is 0 Å². The van der Waals surface area contributed by atoms with Crippen LogP contribution in [0, 0.1) is 6.92 Å². The van der Waals surface area contributed by atoms with Crippen LogP contribution in [0.15, 0.2) is 76.6 Å². The van der Waals surface area contributed by atoms with Crippen LogP contribution < -0.4 is 4.74 Å². The van der Waals surface area contributed by atoms with E-state index in [1.165, 1.54) is 40.9 Å². The second-order valence-corrected chi connectivity index (χ2v) is 9.01. The van der Waals surface area contributed by atoms with Gasteiger partial charge < -0.3 is 14.9 Å². The summed E-state index contributed by atoms with van der Waals surface area (Å²) in [4.78, 5) is 41.7. The van der Waals surface area contributed by atoms with Crippen LogP contribution in [-0.2, 0) is 11.4 Å². The number of nitrogens with zero attached hydrogens (tertiary/aromatic N) is 2. The van der Waals surface area contributed by atoms with Gasteiger partial charge in [-0.3, -0.25) is 9.69 Å². The highest BCUT2D eigenvalue weighted by Crippen LogP contribution is 2.35. The summed E-state index contributed by atoms with van der Waals surface area (Å²) in [5, 5.41) is 18.8. The van der Waals surface area contributed by atoms with E-state index in [1.54, 1.807) is 37.4 Å². The maximum absolute atomic E-state index is 12.9. The number of aliphatic imine (C=N–C) groups is 1. The Hall–Kier alpha value is -4.37. The van der Waals surface area contributed by atoms with Crippen molar-refractivity contribution < 1.29 is 29.3 Å². The van der Waals surface area contributed by atoms with Crippen molar-refractivity contribution >= 4 is 46.5 Å². The molecular weight excluding hydrogens is 480 g/mol. The minimum atomic E-state index is -1.05. The largest absolute Gasteiger partial charge is 0.488 e. The van der Waals surface area contributed by atoms with Crippen molar-refractivity contribution in [3.63, 3.8) is 0 Å². The van der Waals surface area contributed by atoms with Gasteiger partial charge in [0.2, 0.25) is 0 Å². The lowest BCUT2D eigenvalue weighted by Crippen LogP contribution is -2.23. The van der Waals surface area contributed by atoms with Crippen molar-refractivity contribution in [1.29, 1.82) is 0 Å². The first-order valence-electron chi connectivity index (χ1n) is 10.9. The molecule has 1 aliphatic heterocycles. The van der Waals surface area contributed by atoms with E-state index >= 15 is 0 Å². The summed E-state index contributed by atoms with van der Waals surface area (Å²) in [6, 6.07) is 18.4. The van der Waals surface area contributed by atoms with Crippen molar-refractivity contribution in [3.05, 3.63) is 99.5 Å². The van der Waals surface area contributed by atoms with Crippen molar-refractivity contribution in [1.82, 2.24) is 4.90 Å². The fourth-order valence-electron chi connectivity index (χ4n) is 3.39. The standard InChI is InChI=1S/C27H22N2O6S/c1-16-7-10-20(26(33)34)13-21(16)28-27-29(2)24(30)23(36-27)14-19-5-3-4-6-22(19)35-15-17-8-11-18(12-9-17)25(31)32/h3-14H,15H2,1-2H3,(H,31,32)(H,33,34)/b23-14-,28-27?. The lowest BCUT2D eigenvalue weighted by molar-refractivity contribution is -0.121. The predicted molar refractivity (Wildman–Crippen MR) is 138 cm³/mol. The SMILES string of the molecule is Cc1ccc(C(=O)O)cc1N=C1S/C(=C\c2ccccc2OCc2ccc(C(=O)O)cc2)C(=O)N1C. The minimum Gasteiger partial charge on any atom is -0.488 e. The van der Waals surface area contributed by atoms with E-state index < -0.39 is 11.9 Å². The van der Waals surface area contributed by atoms with Crippen LogP contribution in [0.4, 0.5) is 5.69 Å². The molecule has 8 nitrogen and oxygen atoms in total. The van der Waals surface area contributed by atoms with Crippen LogP contribution >= 0.6 is 11.8 Å². The predicted octanol–water partition coefficient (Wildman–Crippen LogP) is 5.20. The molecule has 0 unspecified atom stereocenters. The number of carboxylic acid groups (broad SMARTS) is 2. The molecule has 3 aromatic rings. The van der Waals surface area contributed by atoms with Gasteiger partial charge >= 0.3 is 11.9 Å². The lowest BCUT2D eigenvalue weighted by Gasteiger charge is -2.10. The Morgan fingerprint density at radius 1 is 1.00 bits per heavy atom. The van der Waals surface area contributed by atoms with Crippen LogP contribution in [-0.4, -0.2) is 45.2 Å². The number of para-hydroxylation sites is 1. The molecule has 1 aliphatic rings. The molecule has 9 heteroatoms. The van der Waals surface area contributed by atoms with E-state index in [0.29, 0.717) is 27.1 Å². The second-order valence-electron chi connectivity index (χ2n) is 8.00. The van der Waals surface area contributed by atoms with Crippen molar-refractivity contribution in [2.75, 3.05) is 7.05 Å². The van der Waals surface area contributed by atoms with E-state index in [0.717, 1.165) is 11.1 Å². The van der Waals surface area contributed by atoms with Gasteiger partial charge in [-0.1, -0.05) is 36.4 Å². The topological polar surface area (TPSA) is 117 Å². The molecule has 1 saturated heterocycles. The first kappa shape index (κ1) is 24.7. The Balaban J connectivity index is 1.56. The van der Waals surface area contributed by atoms with Gasteiger partial charge in [-0.25, -0.2) is 14.6 Å². The fraction of sp³-hybridized carbons (Fsp3) is 0.111. The summed E-state index contributed by atoms with van der Waals surface area (Å²) in [6.07, 6.45) is 1.73. The highest BCUT2D eigenvalue weighted by molar-refractivity contribution is 8.18. The average molecular weight is 503 g/mol. The number of amides is 1. The number of benzene rings is 3. The summed E-state index contributed by atoms with van der Waals surface area (Å²) >= 11 is 1.20. The zero-order valence-electron chi connectivity index (χ0n) is 19.5. The molecule has 36 heavy (non-hydrogen) atoms. The van der Waals surface area contributed by atoms with Gasteiger partial charge in [0, 0.05) is 12.6 Å². The molecule has 0 aliphatic carbocycles. The smallest absolute Gasteiger partial charge is 0.335 e. The normalized spacial score (nSPS) is 15.5. The highest BCUT2D eigenvalue weighted by atomic mass is 32.2. The molecule has 1 fully saturated rings. The van der Waals surface area contributed by atoms with Gasteiger partial charge in [0.25, 0.3) is 5.91 Å². The molecule has 182 valence electrons. The number of thioether (sulfide) groups is 1. The number of carbonyl (C=O) groups is 3. The summed E-state index contributed by atoms with van der Waals surface area (Å²) in [7, 11) is 1.62. The molecule has 1 heterocycles. The van der Waals surface area contributed by atoms with Crippen LogP contribution in [0.1, 0.15) is 37.4 Å². The monoisotopic (exact) mass is 502 g/mol. The number of carboxylic acids is 2. The molecule has 0 atom stereocenters. The second kappa shape index (κ2) is 10.5. The molecule has 2 N–H and O–H groups in total. The summed E-state index contributed by atoms with van der Waals surface area (Å²) in [5.74, 6) is -1.70. The van der Waals surface area contributed by atoms with Crippen LogP contribution in [0.2, 0.25) is 0 Å². The number of aromatic carboxylic acids is 2. The van der Waals surface area contributed by atoms with Crippen LogP contribution in [0.3, 0.4) is 0 Å². The number of aryl methyl sites for hydroxylation is 1. The van der Waals surface area contributed by atoms with Crippen LogP contribution in [0.25, 0.3) is 6.08 Å². The van der Waals surface area contributed by atoms with Gasteiger partial charge in [-0.15, -0.1) is 0 Å². The van der Waals surface area contributed by atoms with E-state index in [4.69, 9.17) is 9.84 Å². The van der Waals surface area contributed by atoms with Crippen molar-refractivity contribution in [3.8, 4) is 5.75 Å².